The lowest BCUT2D eigenvalue weighted by Crippen LogP contribution is -2.20. The fourth-order valence-electron chi connectivity index (χ4n) is 1.93. The molecule has 2 aromatic rings. The molecule has 0 fully saturated rings. The van der Waals surface area contributed by atoms with Gasteiger partial charge in [-0.05, 0) is 30.2 Å². The van der Waals surface area contributed by atoms with Crippen LogP contribution in [0.3, 0.4) is 0 Å². The highest BCUT2D eigenvalue weighted by molar-refractivity contribution is 5.93. The largest absolute Gasteiger partial charge is 0.355 e. The zero-order valence-corrected chi connectivity index (χ0v) is 11.9. The standard InChI is InChI=1S/C15H20N4O/c1-12-9-18-19(11-12)8-7-17-10-13-3-5-14(6-4-13)15(20)16-2/h3-6,9,11,17H,7-8,10H2,1-2H3,(H,16,20). The SMILES string of the molecule is CNC(=O)c1ccc(CNCCn2cc(C)cn2)cc1. The number of benzene rings is 1. The number of rotatable bonds is 6. The van der Waals surface area contributed by atoms with Gasteiger partial charge < -0.3 is 10.6 Å². The van der Waals surface area contributed by atoms with Crippen molar-refractivity contribution in [3.05, 3.63) is 53.3 Å². The summed E-state index contributed by atoms with van der Waals surface area (Å²) in [6.45, 7) is 4.53. The van der Waals surface area contributed by atoms with E-state index in [0.717, 1.165) is 25.2 Å². The molecule has 5 nitrogen and oxygen atoms in total. The first-order valence-corrected chi connectivity index (χ1v) is 6.70. The van der Waals surface area contributed by atoms with Crippen molar-refractivity contribution in [2.24, 2.45) is 0 Å². The maximum Gasteiger partial charge on any atom is 0.251 e. The van der Waals surface area contributed by atoms with E-state index >= 15 is 0 Å². The molecule has 0 aliphatic carbocycles. The third kappa shape index (κ3) is 3.93. The van der Waals surface area contributed by atoms with E-state index < -0.39 is 0 Å². The highest BCUT2D eigenvalue weighted by Gasteiger charge is 2.02. The van der Waals surface area contributed by atoms with Gasteiger partial charge in [-0.15, -0.1) is 0 Å². The molecule has 1 amide bonds. The minimum absolute atomic E-state index is 0.0569. The van der Waals surface area contributed by atoms with Crippen LogP contribution in [0.25, 0.3) is 0 Å². The number of hydrogen-bond acceptors (Lipinski definition) is 3. The molecule has 1 aromatic heterocycles. The summed E-state index contributed by atoms with van der Waals surface area (Å²) in [5.74, 6) is -0.0569. The summed E-state index contributed by atoms with van der Waals surface area (Å²) < 4.78 is 1.93. The van der Waals surface area contributed by atoms with Crippen LogP contribution in [0.4, 0.5) is 0 Å². The predicted molar refractivity (Wildman–Crippen MR) is 78.5 cm³/mol. The van der Waals surface area contributed by atoms with Crippen LogP contribution in [0.15, 0.2) is 36.7 Å². The summed E-state index contributed by atoms with van der Waals surface area (Å²) in [4.78, 5) is 11.4. The van der Waals surface area contributed by atoms with Gasteiger partial charge in [0.15, 0.2) is 0 Å². The van der Waals surface area contributed by atoms with Gasteiger partial charge in [-0.1, -0.05) is 12.1 Å². The van der Waals surface area contributed by atoms with Crippen molar-refractivity contribution in [1.29, 1.82) is 0 Å². The van der Waals surface area contributed by atoms with Crippen LogP contribution in [-0.4, -0.2) is 29.3 Å². The van der Waals surface area contributed by atoms with Gasteiger partial charge in [-0.25, -0.2) is 0 Å². The van der Waals surface area contributed by atoms with Crippen LogP contribution in [0.2, 0.25) is 0 Å². The summed E-state index contributed by atoms with van der Waals surface area (Å²) >= 11 is 0. The molecule has 2 rings (SSSR count). The van der Waals surface area contributed by atoms with Crippen molar-refractivity contribution in [2.45, 2.75) is 20.0 Å². The van der Waals surface area contributed by atoms with E-state index in [1.165, 1.54) is 5.56 Å². The van der Waals surface area contributed by atoms with E-state index in [1.807, 2.05) is 48.3 Å². The van der Waals surface area contributed by atoms with Crippen LogP contribution in [-0.2, 0) is 13.1 Å². The highest BCUT2D eigenvalue weighted by Crippen LogP contribution is 2.04. The quantitative estimate of drug-likeness (QED) is 0.780. The number of aromatic nitrogens is 2. The summed E-state index contributed by atoms with van der Waals surface area (Å²) in [7, 11) is 1.63. The van der Waals surface area contributed by atoms with Gasteiger partial charge in [-0.3, -0.25) is 9.48 Å². The second-order valence-electron chi connectivity index (χ2n) is 4.73. The molecule has 106 valence electrons. The molecular weight excluding hydrogens is 252 g/mol. The Kier molecular flexibility index (Phi) is 4.90. The molecule has 20 heavy (non-hydrogen) atoms. The molecule has 0 spiro atoms. The van der Waals surface area contributed by atoms with E-state index in [1.54, 1.807) is 7.05 Å². The molecule has 0 unspecified atom stereocenters. The average molecular weight is 272 g/mol. The lowest BCUT2D eigenvalue weighted by atomic mass is 10.1. The van der Waals surface area contributed by atoms with Crippen LogP contribution < -0.4 is 10.6 Å². The Bertz CT molecular complexity index is 560. The summed E-state index contributed by atoms with van der Waals surface area (Å²) in [6, 6.07) is 7.62. The Morgan fingerprint density at radius 2 is 2.05 bits per heavy atom. The van der Waals surface area contributed by atoms with Crippen LogP contribution in [0, 0.1) is 6.92 Å². The number of nitrogens with zero attached hydrogens (tertiary/aromatic N) is 2. The molecule has 0 bridgehead atoms. The van der Waals surface area contributed by atoms with E-state index in [0.29, 0.717) is 5.56 Å². The third-order valence-electron chi connectivity index (χ3n) is 3.05. The van der Waals surface area contributed by atoms with Crippen molar-refractivity contribution < 1.29 is 4.79 Å². The van der Waals surface area contributed by atoms with E-state index in [2.05, 4.69) is 15.7 Å². The number of hydrogen-bond donors (Lipinski definition) is 2. The first kappa shape index (κ1) is 14.3. The monoisotopic (exact) mass is 272 g/mol. The zero-order chi connectivity index (χ0) is 14.4. The molecule has 2 N–H and O–H groups in total. The minimum atomic E-state index is -0.0569. The zero-order valence-electron chi connectivity index (χ0n) is 11.9. The maximum atomic E-state index is 11.4. The molecule has 0 saturated carbocycles. The lowest BCUT2D eigenvalue weighted by Gasteiger charge is -2.06. The Morgan fingerprint density at radius 1 is 1.30 bits per heavy atom. The number of aryl methyl sites for hydroxylation is 1. The Hall–Kier alpha value is -2.14. The van der Waals surface area contributed by atoms with Gasteiger partial charge in [0.2, 0.25) is 0 Å². The molecule has 0 saturated heterocycles. The van der Waals surface area contributed by atoms with Gasteiger partial charge in [-0.2, -0.15) is 5.10 Å². The lowest BCUT2D eigenvalue weighted by molar-refractivity contribution is 0.0963. The number of carbonyl (C=O) groups excluding carboxylic acids is 1. The van der Waals surface area contributed by atoms with Gasteiger partial charge in [0.05, 0.1) is 12.7 Å². The topological polar surface area (TPSA) is 59.0 Å². The molecule has 1 heterocycles. The molecule has 1 aromatic carbocycles. The maximum absolute atomic E-state index is 11.4. The van der Waals surface area contributed by atoms with Gasteiger partial charge in [0, 0.05) is 31.9 Å². The average Bonchev–Trinajstić information content (AvgIpc) is 2.89. The van der Waals surface area contributed by atoms with Crippen LogP contribution in [0.5, 0.6) is 0 Å². The second kappa shape index (κ2) is 6.86. The first-order chi connectivity index (χ1) is 9.69. The number of carbonyl (C=O) groups is 1. The van der Waals surface area contributed by atoms with Crippen molar-refractivity contribution >= 4 is 5.91 Å². The van der Waals surface area contributed by atoms with Crippen LogP contribution in [0.1, 0.15) is 21.5 Å². The number of amides is 1. The molecule has 5 heteroatoms. The van der Waals surface area contributed by atoms with Gasteiger partial charge in [0.25, 0.3) is 5.91 Å². The molecule has 0 aliphatic rings. The van der Waals surface area contributed by atoms with Crippen molar-refractivity contribution in [3.63, 3.8) is 0 Å². The van der Waals surface area contributed by atoms with Crippen molar-refractivity contribution in [2.75, 3.05) is 13.6 Å². The van der Waals surface area contributed by atoms with Gasteiger partial charge >= 0.3 is 0 Å². The highest BCUT2D eigenvalue weighted by atomic mass is 16.1. The Morgan fingerprint density at radius 3 is 2.65 bits per heavy atom. The molecular formula is C15H20N4O. The molecule has 0 atom stereocenters. The van der Waals surface area contributed by atoms with Crippen molar-refractivity contribution in [1.82, 2.24) is 20.4 Å². The third-order valence-corrected chi connectivity index (χ3v) is 3.05. The smallest absolute Gasteiger partial charge is 0.251 e. The minimum Gasteiger partial charge on any atom is -0.355 e. The second-order valence-corrected chi connectivity index (χ2v) is 4.73. The first-order valence-electron chi connectivity index (χ1n) is 6.70. The normalized spacial score (nSPS) is 10.5. The Balaban J connectivity index is 1.75. The number of nitrogens with one attached hydrogen (secondary N) is 2. The fraction of sp³-hybridized carbons (Fsp3) is 0.333. The Labute approximate surface area is 119 Å². The molecule has 0 aliphatic heterocycles. The predicted octanol–water partition coefficient (Wildman–Crippen LogP) is 1.34. The van der Waals surface area contributed by atoms with Crippen molar-refractivity contribution in [3.8, 4) is 0 Å². The summed E-state index contributed by atoms with van der Waals surface area (Å²) in [6.07, 6.45) is 3.89. The fourth-order valence-corrected chi connectivity index (χ4v) is 1.93. The van der Waals surface area contributed by atoms with Gasteiger partial charge in [0.1, 0.15) is 0 Å². The van der Waals surface area contributed by atoms with Crippen LogP contribution >= 0.6 is 0 Å². The van der Waals surface area contributed by atoms with E-state index in [9.17, 15) is 4.79 Å². The van der Waals surface area contributed by atoms with E-state index in [4.69, 9.17) is 0 Å². The van der Waals surface area contributed by atoms with E-state index in [-0.39, 0.29) is 5.91 Å². The summed E-state index contributed by atoms with van der Waals surface area (Å²) in [5, 5.41) is 10.2. The summed E-state index contributed by atoms with van der Waals surface area (Å²) in [5.41, 5.74) is 3.02. The molecule has 0 radical (unpaired) electrons.